The van der Waals surface area contributed by atoms with Gasteiger partial charge in [-0.15, -0.1) is 10.2 Å². The van der Waals surface area contributed by atoms with Gasteiger partial charge in [0.1, 0.15) is 6.61 Å². The van der Waals surface area contributed by atoms with E-state index in [1.165, 1.54) is 19.2 Å². The van der Waals surface area contributed by atoms with Crippen LogP contribution >= 0.6 is 0 Å². The predicted molar refractivity (Wildman–Crippen MR) is 83.6 cm³/mol. The number of nitrogens with one attached hydrogen (secondary N) is 1. The van der Waals surface area contributed by atoms with E-state index >= 15 is 0 Å². The molecule has 0 unspecified atom stereocenters. The first-order valence-corrected chi connectivity index (χ1v) is 6.95. The van der Waals surface area contributed by atoms with Crippen LogP contribution < -0.4 is 9.47 Å². The summed E-state index contributed by atoms with van der Waals surface area (Å²) < 4.78 is 11.1. The number of aromatic amines is 1. The topological polar surface area (TPSA) is 116 Å². The van der Waals surface area contributed by atoms with Crippen molar-refractivity contribution in [1.82, 2.24) is 20.6 Å². The summed E-state index contributed by atoms with van der Waals surface area (Å²) in [7, 11) is 1.54. The lowest BCUT2D eigenvalue weighted by Gasteiger charge is -2.11. The van der Waals surface area contributed by atoms with Crippen molar-refractivity contribution < 1.29 is 14.4 Å². The summed E-state index contributed by atoms with van der Waals surface area (Å²) >= 11 is 0. The molecule has 0 aliphatic carbocycles. The Bertz CT molecular complexity index is 834. The Balaban J connectivity index is 1.74. The maximum absolute atomic E-state index is 10.6. The number of non-ortho nitro benzene ring substituents is 1. The Labute approximate surface area is 136 Å². The molecule has 0 spiro atoms. The van der Waals surface area contributed by atoms with Crippen molar-refractivity contribution in [2.45, 2.75) is 6.61 Å². The van der Waals surface area contributed by atoms with Gasteiger partial charge in [0.25, 0.3) is 5.69 Å². The smallest absolute Gasteiger partial charge is 0.269 e. The van der Waals surface area contributed by atoms with Crippen molar-refractivity contribution in [1.29, 1.82) is 0 Å². The van der Waals surface area contributed by atoms with E-state index in [4.69, 9.17) is 9.47 Å². The summed E-state index contributed by atoms with van der Waals surface area (Å²) in [4.78, 5) is 10.2. The van der Waals surface area contributed by atoms with E-state index in [1.54, 1.807) is 30.3 Å². The molecule has 0 bridgehead atoms. The summed E-state index contributed by atoms with van der Waals surface area (Å²) in [5.74, 6) is 1.53. The van der Waals surface area contributed by atoms with Gasteiger partial charge in [-0.1, -0.05) is 0 Å². The van der Waals surface area contributed by atoms with Crippen LogP contribution in [0.5, 0.6) is 11.5 Å². The highest BCUT2D eigenvalue weighted by Crippen LogP contribution is 2.31. The molecule has 1 aromatic heterocycles. The standard InChI is InChI=1S/C15H13N5O4/c1-23-14-8-11(15-16-18-19-17-15)4-7-13(14)24-9-10-2-5-12(6-3-10)20(21)22/h2-8H,9H2,1H3,(H,16,17,18,19). The number of nitro benzene ring substituents is 1. The fourth-order valence-corrected chi connectivity index (χ4v) is 2.08. The second kappa shape index (κ2) is 6.73. The van der Waals surface area contributed by atoms with Crippen LogP contribution in [0.2, 0.25) is 0 Å². The lowest BCUT2D eigenvalue weighted by Crippen LogP contribution is -1.98. The van der Waals surface area contributed by atoms with Crippen molar-refractivity contribution >= 4 is 5.69 Å². The quantitative estimate of drug-likeness (QED) is 0.545. The number of hydrogen-bond acceptors (Lipinski definition) is 7. The molecular formula is C15H13N5O4. The molecule has 122 valence electrons. The van der Waals surface area contributed by atoms with Crippen LogP contribution in [-0.4, -0.2) is 32.7 Å². The number of hydrogen-bond donors (Lipinski definition) is 1. The molecular weight excluding hydrogens is 314 g/mol. The van der Waals surface area contributed by atoms with Gasteiger partial charge in [-0.2, -0.15) is 5.21 Å². The average Bonchev–Trinajstić information content (AvgIpc) is 3.14. The monoisotopic (exact) mass is 327 g/mol. The van der Waals surface area contributed by atoms with Crippen LogP contribution in [-0.2, 0) is 6.61 Å². The molecule has 0 saturated carbocycles. The van der Waals surface area contributed by atoms with Crippen LogP contribution in [0.3, 0.4) is 0 Å². The molecule has 0 aliphatic rings. The van der Waals surface area contributed by atoms with E-state index in [-0.39, 0.29) is 12.3 Å². The minimum absolute atomic E-state index is 0.0424. The lowest BCUT2D eigenvalue weighted by molar-refractivity contribution is -0.384. The zero-order chi connectivity index (χ0) is 16.9. The largest absolute Gasteiger partial charge is 0.493 e. The third-order valence-electron chi connectivity index (χ3n) is 3.31. The van der Waals surface area contributed by atoms with E-state index in [0.29, 0.717) is 17.3 Å². The molecule has 1 N–H and O–H groups in total. The molecule has 0 amide bonds. The van der Waals surface area contributed by atoms with Gasteiger partial charge in [-0.25, -0.2) is 0 Å². The van der Waals surface area contributed by atoms with E-state index < -0.39 is 4.92 Å². The molecule has 0 atom stereocenters. The van der Waals surface area contributed by atoms with E-state index in [1.807, 2.05) is 0 Å². The van der Waals surface area contributed by atoms with Crippen LogP contribution in [0, 0.1) is 10.1 Å². The molecule has 3 rings (SSSR count). The third kappa shape index (κ3) is 3.29. The molecule has 3 aromatic rings. The van der Waals surface area contributed by atoms with Crippen molar-refractivity contribution in [3.8, 4) is 22.9 Å². The molecule has 9 heteroatoms. The summed E-state index contributed by atoms with van der Waals surface area (Å²) in [6.07, 6.45) is 0. The van der Waals surface area contributed by atoms with Gasteiger partial charge in [0.15, 0.2) is 11.5 Å². The van der Waals surface area contributed by atoms with E-state index in [2.05, 4.69) is 20.6 Å². The van der Waals surface area contributed by atoms with Crippen molar-refractivity contribution in [2.24, 2.45) is 0 Å². The second-order valence-electron chi connectivity index (χ2n) is 4.81. The Morgan fingerprint density at radius 3 is 2.58 bits per heavy atom. The SMILES string of the molecule is COc1cc(-c2nn[nH]n2)ccc1OCc1ccc([N+](=O)[O-])cc1. The van der Waals surface area contributed by atoms with E-state index in [0.717, 1.165) is 11.1 Å². The molecule has 9 nitrogen and oxygen atoms in total. The van der Waals surface area contributed by atoms with Gasteiger partial charge in [-0.05, 0) is 41.1 Å². The Kier molecular flexibility index (Phi) is 4.32. The zero-order valence-electron chi connectivity index (χ0n) is 12.7. The summed E-state index contributed by atoms with van der Waals surface area (Å²) in [6, 6.07) is 11.5. The Hall–Kier alpha value is -3.49. The van der Waals surface area contributed by atoms with Crippen LogP contribution in [0.4, 0.5) is 5.69 Å². The number of tetrazole rings is 1. The minimum Gasteiger partial charge on any atom is -0.493 e. The van der Waals surface area contributed by atoms with Gasteiger partial charge in [-0.3, -0.25) is 10.1 Å². The van der Waals surface area contributed by atoms with Crippen LogP contribution in [0.15, 0.2) is 42.5 Å². The molecule has 24 heavy (non-hydrogen) atoms. The molecule has 0 saturated heterocycles. The zero-order valence-corrected chi connectivity index (χ0v) is 12.7. The summed E-state index contributed by atoms with van der Waals surface area (Å²) in [5, 5.41) is 24.4. The molecule has 0 aliphatic heterocycles. The highest BCUT2D eigenvalue weighted by Gasteiger charge is 2.10. The Morgan fingerprint density at radius 2 is 1.96 bits per heavy atom. The minimum atomic E-state index is -0.440. The number of methoxy groups -OCH3 is 1. The second-order valence-corrected chi connectivity index (χ2v) is 4.81. The van der Waals surface area contributed by atoms with Gasteiger partial charge in [0, 0.05) is 17.7 Å². The summed E-state index contributed by atoms with van der Waals surface area (Å²) in [6.45, 7) is 0.260. The van der Waals surface area contributed by atoms with Crippen molar-refractivity contribution in [2.75, 3.05) is 7.11 Å². The van der Waals surface area contributed by atoms with Gasteiger partial charge < -0.3 is 9.47 Å². The van der Waals surface area contributed by atoms with Gasteiger partial charge in [0.2, 0.25) is 5.82 Å². The first kappa shape index (κ1) is 15.4. The average molecular weight is 327 g/mol. The van der Waals surface area contributed by atoms with Gasteiger partial charge in [0.05, 0.1) is 12.0 Å². The number of ether oxygens (including phenoxy) is 2. The normalized spacial score (nSPS) is 10.4. The summed E-state index contributed by atoms with van der Waals surface area (Å²) in [5.41, 5.74) is 1.59. The van der Waals surface area contributed by atoms with Crippen molar-refractivity contribution in [3.05, 3.63) is 58.1 Å². The highest BCUT2D eigenvalue weighted by molar-refractivity contribution is 5.60. The number of rotatable bonds is 6. The number of aromatic nitrogens is 4. The number of nitro groups is 1. The number of nitrogens with zero attached hydrogens (tertiary/aromatic N) is 4. The molecule has 1 heterocycles. The maximum atomic E-state index is 10.6. The fourth-order valence-electron chi connectivity index (χ4n) is 2.08. The van der Waals surface area contributed by atoms with E-state index in [9.17, 15) is 10.1 Å². The van der Waals surface area contributed by atoms with Crippen LogP contribution in [0.25, 0.3) is 11.4 Å². The molecule has 0 radical (unpaired) electrons. The predicted octanol–water partition coefficient (Wildman–Crippen LogP) is 2.36. The van der Waals surface area contributed by atoms with Gasteiger partial charge >= 0.3 is 0 Å². The first-order chi connectivity index (χ1) is 11.7. The fraction of sp³-hybridized carbons (Fsp3) is 0.133. The highest BCUT2D eigenvalue weighted by atomic mass is 16.6. The van der Waals surface area contributed by atoms with Crippen molar-refractivity contribution in [3.63, 3.8) is 0 Å². The third-order valence-corrected chi connectivity index (χ3v) is 3.31. The first-order valence-electron chi connectivity index (χ1n) is 6.95. The molecule has 0 fully saturated rings. The number of H-pyrrole nitrogens is 1. The Morgan fingerprint density at radius 1 is 1.17 bits per heavy atom. The van der Waals surface area contributed by atoms with Crippen LogP contribution in [0.1, 0.15) is 5.56 Å². The molecule has 2 aromatic carbocycles. The maximum Gasteiger partial charge on any atom is 0.269 e. The lowest BCUT2D eigenvalue weighted by atomic mass is 10.2. The number of benzene rings is 2.